The number of hydrogen-bond donors (Lipinski definition) is 1. The molecule has 3 aliphatic rings. The summed E-state index contributed by atoms with van der Waals surface area (Å²) < 4.78 is 11.0. The van der Waals surface area contributed by atoms with Crippen molar-refractivity contribution in [3.63, 3.8) is 0 Å². The SMILES string of the molecule is CCCCN(C(=O)CN1C[C@H](c2ccc3c(c2)OCO3)[C@@H](C(=O)O)[C@@H]1CCN1CC(C)(C)CC1=O)c1cccnc1. The van der Waals surface area contributed by atoms with Crippen LogP contribution < -0.4 is 14.4 Å². The Balaban J connectivity index is 1.42. The summed E-state index contributed by atoms with van der Waals surface area (Å²) in [7, 11) is 0. The number of nitrogens with zero attached hydrogens (tertiary/aromatic N) is 4. The average molecular weight is 565 g/mol. The molecular formula is C31H40N4O6. The lowest BCUT2D eigenvalue weighted by atomic mass is 9.84. The van der Waals surface area contributed by atoms with Gasteiger partial charge in [-0.2, -0.15) is 0 Å². The highest BCUT2D eigenvalue weighted by Gasteiger charge is 2.48. The van der Waals surface area contributed by atoms with E-state index in [4.69, 9.17) is 9.47 Å². The smallest absolute Gasteiger partial charge is 0.308 e. The van der Waals surface area contributed by atoms with Crippen molar-refractivity contribution in [3.8, 4) is 11.5 Å². The summed E-state index contributed by atoms with van der Waals surface area (Å²) in [4.78, 5) is 49.2. The quantitative estimate of drug-likeness (QED) is 0.439. The van der Waals surface area contributed by atoms with E-state index >= 15 is 0 Å². The van der Waals surface area contributed by atoms with E-state index < -0.39 is 17.9 Å². The van der Waals surface area contributed by atoms with Gasteiger partial charge in [0, 0.05) is 50.8 Å². The first-order valence-electron chi connectivity index (χ1n) is 14.5. The molecular weight excluding hydrogens is 524 g/mol. The van der Waals surface area contributed by atoms with Gasteiger partial charge >= 0.3 is 5.97 Å². The zero-order valence-corrected chi connectivity index (χ0v) is 24.1. The number of aliphatic carboxylic acids is 1. The summed E-state index contributed by atoms with van der Waals surface area (Å²) in [6.07, 6.45) is 6.09. The van der Waals surface area contributed by atoms with E-state index in [1.54, 1.807) is 17.3 Å². The Morgan fingerprint density at radius 1 is 1.20 bits per heavy atom. The predicted octanol–water partition coefficient (Wildman–Crippen LogP) is 3.76. The molecule has 0 unspecified atom stereocenters. The number of rotatable bonds is 11. The lowest BCUT2D eigenvalue weighted by Crippen LogP contribution is -2.45. The van der Waals surface area contributed by atoms with Gasteiger partial charge in [0.05, 0.1) is 24.3 Å². The molecule has 2 amide bonds. The Morgan fingerprint density at radius 3 is 2.68 bits per heavy atom. The van der Waals surface area contributed by atoms with Crippen LogP contribution in [0, 0.1) is 11.3 Å². The number of pyridine rings is 1. The standard InChI is InChI=1S/C31H40N4O6/c1-4-5-12-35(22-7-6-11-32-16-22)28(37)18-34-17-23(21-8-9-25-26(14-21)41-20-40-25)29(30(38)39)24(34)10-13-33-19-31(2,3)15-27(33)36/h6-9,11,14,16,23-24,29H,4-5,10,12-13,15,17-20H2,1-3H3,(H,38,39)/t23-,24+,29-/m1/s1. The third-order valence-corrected chi connectivity index (χ3v) is 8.49. The molecule has 0 saturated carbocycles. The van der Waals surface area contributed by atoms with E-state index in [-0.39, 0.29) is 36.5 Å². The van der Waals surface area contributed by atoms with E-state index in [0.29, 0.717) is 50.5 Å². The first-order chi connectivity index (χ1) is 19.7. The van der Waals surface area contributed by atoms with Crippen LogP contribution in [-0.4, -0.2) is 83.2 Å². The zero-order valence-electron chi connectivity index (χ0n) is 24.1. The number of amides is 2. The van der Waals surface area contributed by atoms with Gasteiger partial charge in [-0.05, 0) is 48.1 Å². The normalized spacial score (nSPS) is 23.2. The van der Waals surface area contributed by atoms with E-state index in [2.05, 4.69) is 25.8 Å². The molecule has 220 valence electrons. The van der Waals surface area contributed by atoms with Crippen molar-refractivity contribution < 1.29 is 29.0 Å². The molecule has 5 rings (SSSR count). The van der Waals surface area contributed by atoms with Crippen molar-refractivity contribution in [1.29, 1.82) is 0 Å². The van der Waals surface area contributed by atoms with Crippen LogP contribution in [0.2, 0.25) is 0 Å². The molecule has 4 heterocycles. The summed E-state index contributed by atoms with van der Waals surface area (Å²) in [5, 5.41) is 10.5. The number of aromatic nitrogens is 1. The van der Waals surface area contributed by atoms with Crippen molar-refractivity contribution >= 4 is 23.5 Å². The number of ether oxygens (including phenoxy) is 2. The molecule has 0 bridgehead atoms. The summed E-state index contributed by atoms with van der Waals surface area (Å²) in [6.45, 7) is 8.51. The minimum atomic E-state index is -0.907. The van der Waals surface area contributed by atoms with Crippen molar-refractivity contribution in [2.45, 2.75) is 58.4 Å². The predicted molar refractivity (Wildman–Crippen MR) is 153 cm³/mol. The molecule has 1 aromatic heterocycles. The van der Waals surface area contributed by atoms with Crippen LogP contribution >= 0.6 is 0 Å². The molecule has 2 saturated heterocycles. The lowest BCUT2D eigenvalue weighted by Gasteiger charge is -2.31. The van der Waals surface area contributed by atoms with Gasteiger partial charge in [-0.15, -0.1) is 0 Å². The number of carbonyl (C=O) groups excluding carboxylic acids is 2. The third-order valence-electron chi connectivity index (χ3n) is 8.49. The fourth-order valence-corrected chi connectivity index (χ4v) is 6.49. The van der Waals surface area contributed by atoms with E-state index in [9.17, 15) is 19.5 Å². The summed E-state index contributed by atoms with van der Waals surface area (Å²) in [5.41, 5.74) is 1.47. The van der Waals surface area contributed by atoms with E-state index in [0.717, 1.165) is 24.1 Å². The minimum Gasteiger partial charge on any atom is -0.481 e. The molecule has 3 atom stereocenters. The van der Waals surface area contributed by atoms with Crippen LogP contribution in [0.4, 0.5) is 5.69 Å². The number of likely N-dealkylation sites (tertiary alicyclic amines) is 2. The number of benzene rings is 1. The number of hydrogen-bond acceptors (Lipinski definition) is 7. The Hall–Kier alpha value is -3.66. The molecule has 3 aliphatic heterocycles. The number of carboxylic acid groups (broad SMARTS) is 1. The van der Waals surface area contributed by atoms with Crippen molar-refractivity contribution in [2.75, 3.05) is 44.4 Å². The lowest BCUT2D eigenvalue weighted by molar-refractivity contribution is -0.143. The number of fused-ring (bicyclic) bond motifs is 1. The molecule has 2 fully saturated rings. The maximum atomic E-state index is 13.8. The summed E-state index contributed by atoms with van der Waals surface area (Å²) in [6, 6.07) is 8.83. The molecule has 10 nitrogen and oxygen atoms in total. The molecule has 0 radical (unpaired) electrons. The van der Waals surface area contributed by atoms with Gasteiger partial charge in [0.1, 0.15) is 0 Å². The Morgan fingerprint density at radius 2 is 2.00 bits per heavy atom. The second-order valence-electron chi connectivity index (χ2n) is 12.1. The van der Waals surface area contributed by atoms with Crippen LogP contribution in [0.3, 0.4) is 0 Å². The molecule has 1 N–H and O–H groups in total. The van der Waals surface area contributed by atoms with Crippen LogP contribution in [0.5, 0.6) is 11.5 Å². The van der Waals surface area contributed by atoms with Gasteiger partial charge in [0.15, 0.2) is 11.5 Å². The van der Waals surface area contributed by atoms with Gasteiger partial charge in [-0.1, -0.05) is 33.3 Å². The fourth-order valence-electron chi connectivity index (χ4n) is 6.49. The highest BCUT2D eigenvalue weighted by atomic mass is 16.7. The maximum absolute atomic E-state index is 13.8. The molecule has 41 heavy (non-hydrogen) atoms. The van der Waals surface area contributed by atoms with Crippen LogP contribution in [0.1, 0.15) is 57.9 Å². The highest BCUT2D eigenvalue weighted by Crippen LogP contribution is 2.43. The molecule has 2 aromatic rings. The second-order valence-corrected chi connectivity index (χ2v) is 12.1. The van der Waals surface area contributed by atoms with Crippen LogP contribution in [-0.2, 0) is 14.4 Å². The summed E-state index contributed by atoms with van der Waals surface area (Å²) in [5.74, 6) is -0.770. The number of carboxylic acids is 1. The van der Waals surface area contributed by atoms with E-state index in [1.807, 2.05) is 40.1 Å². The van der Waals surface area contributed by atoms with Gasteiger partial charge in [0.25, 0.3) is 0 Å². The molecule has 0 aliphatic carbocycles. The third kappa shape index (κ3) is 6.32. The number of anilines is 1. The largest absolute Gasteiger partial charge is 0.481 e. The molecule has 0 spiro atoms. The fraction of sp³-hybridized carbons (Fsp3) is 0.548. The second kappa shape index (κ2) is 12.1. The van der Waals surface area contributed by atoms with Crippen LogP contribution in [0.15, 0.2) is 42.7 Å². The van der Waals surface area contributed by atoms with Gasteiger partial charge < -0.3 is 24.4 Å². The number of carbonyl (C=O) groups is 3. The molecule has 1 aromatic carbocycles. The first kappa shape index (κ1) is 28.9. The number of unbranched alkanes of at least 4 members (excludes halogenated alkanes) is 1. The van der Waals surface area contributed by atoms with Crippen molar-refractivity contribution in [2.24, 2.45) is 11.3 Å². The Kier molecular flexibility index (Phi) is 8.49. The zero-order chi connectivity index (χ0) is 29.1. The monoisotopic (exact) mass is 564 g/mol. The highest BCUT2D eigenvalue weighted by molar-refractivity contribution is 5.94. The van der Waals surface area contributed by atoms with Crippen molar-refractivity contribution in [1.82, 2.24) is 14.8 Å². The first-order valence-corrected chi connectivity index (χ1v) is 14.5. The van der Waals surface area contributed by atoms with Gasteiger partial charge in [0.2, 0.25) is 18.6 Å². The Labute approximate surface area is 241 Å². The molecule has 10 heteroatoms. The summed E-state index contributed by atoms with van der Waals surface area (Å²) >= 11 is 0. The van der Waals surface area contributed by atoms with E-state index in [1.165, 1.54) is 0 Å². The van der Waals surface area contributed by atoms with Gasteiger partial charge in [-0.25, -0.2) is 0 Å². The van der Waals surface area contributed by atoms with Gasteiger partial charge in [-0.3, -0.25) is 24.3 Å². The topological polar surface area (TPSA) is 113 Å². The maximum Gasteiger partial charge on any atom is 0.308 e. The minimum absolute atomic E-state index is 0.0769. The van der Waals surface area contributed by atoms with Crippen molar-refractivity contribution in [3.05, 3.63) is 48.3 Å². The average Bonchev–Trinajstić information content (AvgIpc) is 3.62. The Bertz CT molecular complexity index is 1270. The van der Waals surface area contributed by atoms with Crippen LogP contribution in [0.25, 0.3) is 0 Å².